The van der Waals surface area contributed by atoms with Gasteiger partial charge in [-0.05, 0) is 53.8 Å². The molecule has 1 aromatic rings. The second-order valence-electron chi connectivity index (χ2n) is 10.8. The molecular formula is C24H34BNO. The summed E-state index contributed by atoms with van der Waals surface area (Å²) in [5.41, 5.74) is 13.1. The lowest BCUT2D eigenvalue weighted by molar-refractivity contribution is 0.0375. The predicted molar refractivity (Wildman–Crippen MR) is 115 cm³/mol. The largest absolute Gasteiger partial charge is 0.426 e. The second kappa shape index (κ2) is 5.32. The molecule has 0 spiro atoms. The Morgan fingerprint density at radius 3 is 2.26 bits per heavy atom. The van der Waals surface area contributed by atoms with Crippen molar-refractivity contribution >= 4 is 12.4 Å². The van der Waals surface area contributed by atoms with Crippen LogP contribution in [0.3, 0.4) is 0 Å². The lowest BCUT2D eigenvalue weighted by atomic mass is 9.54. The molecule has 0 bridgehead atoms. The normalized spacial score (nSPS) is 32.6. The van der Waals surface area contributed by atoms with E-state index in [4.69, 9.17) is 10.4 Å². The van der Waals surface area contributed by atoms with Crippen molar-refractivity contribution in [2.75, 3.05) is 0 Å². The van der Waals surface area contributed by atoms with Gasteiger partial charge in [0.15, 0.2) is 0 Å². The van der Waals surface area contributed by atoms with Gasteiger partial charge in [0.05, 0.1) is 5.60 Å². The number of hydrogen-bond acceptors (Lipinski definition) is 2. The van der Waals surface area contributed by atoms with Crippen LogP contribution < -0.4 is 11.2 Å². The topological polar surface area (TPSA) is 35.2 Å². The molecule has 2 N–H and O–H groups in total. The number of allylic oxidation sites excluding steroid dienone is 4. The molecule has 2 nitrogen and oxygen atoms in total. The molecule has 0 saturated carbocycles. The first-order valence-electron chi connectivity index (χ1n) is 10.3. The van der Waals surface area contributed by atoms with Gasteiger partial charge in [0.1, 0.15) is 0 Å². The Balaban J connectivity index is 1.82. The molecule has 1 aliphatic heterocycles. The first-order chi connectivity index (χ1) is 12.3. The van der Waals surface area contributed by atoms with Crippen molar-refractivity contribution in [1.29, 1.82) is 0 Å². The molecule has 1 heterocycles. The number of fused-ring (bicyclic) bond motifs is 3. The zero-order valence-corrected chi connectivity index (χ0v) is 18.2. The monoisotopic (exact) mass is 363 g/mol. The fourth-order valence-corrected chi connectivity index (χ4v) is 5.63. The molecule has 27 heavy (non-hydrogen) atoms. The van der Waals surface area contributed by atoms with Crippen LogP contribution in [-0.2, 0) is 15.5 Å². The molecule has 0 amide bonds. The Hall–Kier alpha value is -1.48. The summed E-state index contributed by atoms with van der Waals surface area (Å²) in [5, 5.41) is 0. The number of nitrogens with two attached hydrogens (primary N) is 1. The third-order valence-electron chi connectivity index (χ3n) is 8.45. The predicted octanol–water partition coefficient (Wildman–Crippen LogP) is 4.69. The molecular weight excluding hydrogens is 329 g/mol. The summed E-state index contributed by atoms with van der Waals surface area (Å²) < 4.78 is 6.52. The first-order valence-corrected chi connectivity index (χ1v) is 10.3. The minimum Gasteiger partial charge on any atom is -0.426 e. The van der Waals surface area contributed by atoms with Crippen molar-refractivity contribution in [3.8, 4) is 0 Å². The van der Waals surface area contributed by atoms with Crippen LogP contribution >= 0.6 is 0 Å². The van der Waals surface area contributed by atoms with E-state index in [0.717, 1.165) is 12.0 Å². The third kappa shape index (κ3) is 2.30. The summed E-state index contributed by atoms with van der Waals surface area (Å²) >= 11 is 0. The zero-order chi connectivity index (χ0) is 20.0. The molecule has 1 fully saturated rings. The Morgan fingerprint density at radius 2 is 1.67 bits per heavy atom. The number of rotatable bonds is 1. The third-order valence-corrected chi connectivity index (χ3v) is 8.45. The van der Waals surface area contributed by atoms with Crippen molar-refractivity contribution in [1.82, 2.24) is 0 Å². The SMILES string of the molecule is CC1C(N)=CC=C2C(C)(C)c3cc(B4CC(C)(C)C(C)(C)O4)ccc3C21C. The van der Waals surface area contributed by atoms with Gasteiger partial charge in [-0.1, -0.05) is 65.8 Å². The molecule has 4 rings (SSSR count). The van der Waals surface area contributed by atoms with Crippen molar-refractivity contribution in [3.63, 3.8) is 0 Å². The van der Waals surface area contributed by atoms with E-state index in [9.17, 15) is 0 Å². The van der Waals surface area contributed by atoms with Crippen LogP contribution in [0, 0.1) is 11.3 Å². The molecule has 144 valence electrons. The highest BCUT2D eigenvalue weighted by Gasteiger charge is 2.54. The lowest BCUT2D eigenvalue weighted by Gasteiger charge is -2.40. The van der Waals surface area contributed by atoms with E-state index in [-0.39, 0.29) is 28.8 Å². The van der Waals surface area contributed by atoms with Crippen molar-refractivity contribution in [2.45, 2.75) is 78.1 Å². The fourth-order valence-electron chi connectivity index (χ4n) is 5.63. The van der Waals surface area contributed by atoms with E-state index in [1.165, 1.54) is 22.2 Å². The average molecular weight is 363 g/mol. The molecule has 1 saturated heterocycles. The van der Waals surface area contributed by atoms with Gasteiger partial charge in [0, 0.05) is 22.4 Å². The van der Waals surface area contributed by atoms with Crippen LogP contribution in [0.15, 0.2) is 41.6 Å². The fraction of sp³-hybridized carbons (Fsp3) is 0.583. The number of benzene rings is 1. The van der Waals surface area contributed by atoms with Crippen LogP contribution in [0.25, 0.3) is 0 Å². The van der Waals surface area contributed by atoms with Crippen molar-refractivity contribution < 1.29 is 4.65 Å². The molecule has 0 aromatic heterocycles. The van der Waals surface area contributed by atoms with Crippen LogP contribution in [0.2, 0.25) is 6.32 Å². The van der Waals surface area contributed by atoms with E-state index in [1.54, 1.807) is 0 Å². The summed E-state index contributed by atoms with van der Waals surface area (Å²) in [6, 6.07) is 7.07. The van der Waals surface area contributed by atoms with Crippen LogP contribution in [0.1, 0.15) is 66.5 Å². The Labute approximate surface area is 165 Å². The molecule has 3 aliphatic rings. The minimum absolute atomic E-state index is 0.00912. The Morgan fingerprint density at radius 1 is 1.00 bits per heavy atom. The van der Waals surface area contributed by atoms with E-state index in [2.05, 4.69) is 85.7 Å². The van der Waals surface area contributed by atoms with Crippen LogP contribution in [0.4, 0.5) is 0 Å². The summed E-state index contributed by atoms with van der Waals surface area (Å²) in [7, 11) is 0. The summed E-state index contributed by atoms with van der Waals surface area (Å²) in [4.78, 5) is 0. The molecule has 2 aliphatic carbocycles. The Bertz CT molecular complexity index is 860. The highest BCUT2D eigenvalue weighted by atomic mass is 16.5. The van der Waals surface area contributed by atoms with Crippen LogP contribution in [0.5, 0.6) is 0 Å². The van der Waals surface area contributed by atoms with Gasteiger partial charge in [0.2, 0.25) is 0 Å². The van der Waals surface area contributed by atoms with Gasteiger partial charge in [-0.3, -0.25) is 0 Å². The summed E-state index contributed by atoms with van der Waals surface area (Å²) in [5.74, 6) is 0.310. The van der Waals surface area contributed by atoms with Gasteiger partial charge in [-0.25, -0.2) is 0 Å². The van der Waals surface area contributed by atoms with Gasteiger partial charge in [-0.2, -0.15) is 0 Å². The molecule has 2 atom stereocenters. The maximum Gasteiger partial charge on any atom is 0.327 e. The van der Waals surface area contributed by atoms with Gasteiger partial charge in [-0.15, -0.1) is 0 Å². The van der Waals surface area contributed by atoms with E-state index >= 15 is 0 Å². The summed E-state index contributed by atoms with van der Waals surface area (Å²) in [6.45, 7) is 18.6. The molecule has 1 aromatic carbocycles. The smallest absolute Gasteiger partial charge is 0.327 e. The number of hydrogen-bond donors (Lipinski definition) is 1. The zero-order valence-electron chi connectivity index (χ0n) is 18.2. The molecule has 0 radical (unpaired) electrons. The van der Waals surface area contributed by atoms with E-state index in [0.29, 0.717) is 5.92 Å². The highest BCUT2D eigenvalue weighted by Crippen LogP contribution is 2.58. The average Bonchev–Trinajstić information content (AvgIpc) is 2.89. The van der Waals surface area contributed by atoms with Crippen LogP contribution in [-0.4, -0.2) is 12.5 Å². The lowest BCUT2D eigenvalue weighted by Crippen LogP contribution is -2.37. The summed E-state index contributed by atoms with van der Waals surface area (Å²) in [6.07, 6.45) is 5.44. The van der Waals surface area contributed by atoms with E-state index < -0.39 is 0 Å². The molecule has 2 unspecified atom stereocenters. The van der Waals surface area contributed by atoms with E-state index in [1.807, 2.05) is 0 Å². The van der Waals surface area contributed by atoms with Gasteiger partial charge < -0.3 is 10.4 Å². The maximum atomic E-state index is 6.52. The first kappa shape index (κ1) is 18.9. The second-order valence-corrected chi connectivity index (χ2v) is 10.8. The minimum atomic E-state index is -0.110. The Kier molecular flexibility index (Phi) is 3.72. The van der Waals surface area contributed by atoms with Gasteiger partial charge >= 0.3 is 6.92 Å². The quantitative estimate of drug-likeness (QED) is 0.735. The highest BCUT2D eigenvalue weighted by molar-refractivity contribution is 6.68. The van der Waals surface area contributed by atoms with Crippen molar-refractivity contribution in [3.05, 3.63) is 52.7 Å². The maximum absolute atomic E-state index is 6.52. The standard InChI is InChI=1S/C24H34BNO/c1-15-19(26)11-12-20-22(4,5)18-13-16(9-10-17(18)24(15,20)8)25-14-21(2,3)23(6,7)27-25/h9-13,15H,14,26H2,1-8H3. The van der Waals surface area contributed by atoms with Gasteiger partial charge in [0.25, 0.3) is 0 Å². The molecule has 3 heteroatoms. The van der Waals surface area contributed by atoms with Crippen molar-refractivity contribution in [2.24, 2.45) is 17.1 Å².